The summed E-state index contributed by atoms with van der Waals surface area (Å²) in [5, 5.41) is -1.91. The molecule has 5 nitrogen and oxygen atoms in total. The van der Waals surface area contributed by atoms with E-state index in [0.717, 1.165) is 4.57 Å². The Labute approximate surface area is 332 Å². The molecular formula is C46H30N4O. The molecule has 0 aliphatic heterocycles. The summed E-state index contributed by atoms with van der Waals surface area (Å²) in [5.74, 6) is -2.31. The number of furan rings is 1. The molecule has 0 saturated heterocycles. The number of nitrogens with zero attached hydrogens (tertiary/aromatic N) is 4. The maximum Gasteiger partial charge on any atom is 0.164 e. The molecular weight excluding hydrogens is 625 g/mol. The highest BCUT2D eigenvalue weighted by Gasteiger charge is 2.20. The van der Waals surface area contributed by atoms with Gasteiger partial charge in [-0.05, 0) is 72.0 Å². The lowest BCUT2D eigenvalue weighted by molar-refractivity contribution is 0.666. The number of para-hydroxylation sites is 2. The Balaban J connectivity index is 1.39. The molecule has 5 heteroatoms. The van der Waals surface area contributed by atoms with Gasteiger partial charge in [0.1, 0.15) is 11.2 Å². The average Bonchev–Trinajstić information content (AvgIpc) is 4.22. The SMILES string of the molecule is [2H]c1c([2H])c([2H])c(-c2nc(-c3c([2H])c([2H])c([2H])c([2H])c3[2H])nc(-c3c([2H])c([2H])c([2H])c4oc5c(C)c([2H])c(-c6c([2H])c([2H])c7c(c6[2H])c6c([2H])c([2H])c([2H])c([2H])c6n7-c6c([2H])c([2H])c([2H])c([2H])c6[2H])c([2H])c5c34)n2)c([2H])c1[2H]. The Morgan fingerprint density at radius 2 is 1.10 bits per heavy atom. The maximum absolute atomic E-state index is 9.92. The summed E-state index contributed by atoms with van der Waals surface area (Å²) >= 11 is 0. The van der Waals surface area contributed by atoms with Crippen molar-refractivity contribution in [1.29, 1.82) is 0 Å². The Bertz CT molecular complexity index is 4320. The number of aryl methyl sites for hydroxylation is 1. The number of fused-ring (bicyclic) bond motifs is 6. The quantitative estimate of drug-likeness (QED) is 0.181. The molecule has 0 saturated carbocycles. The molecule has 240 valence electrons. The number of hydrogen-bond donors (Lipinski definition) is 0. The van der Waals surface area contributed by atoms with E-state index in [-0.39, 0.29) is 11.1 Å². The van der Waals surface area contributed by atoms with Gasteiger partial charge in [-0.1, -0.05) is 115 Å². The van der Waals surface area contributed by atoms with Gasteiger partial charge in [-0.15, -0.1) is 0 Å². The van der Waals surface area contributed by atoms with Crippen LogP contribution in [-0.4, -0.2) is 19.5 Å². The predicted octanol–water partition coefficient (Wildman–Crippen LogP) is 11.8. The maximum atomic E-state index is 9.92. The van der Waals surface area contributed by atoms with Crippen molar-refractivity contribution in [1.82, 2.24) is 19.5 Å². The summed E-state index contributed by atoms with van der Waals surface area (Å²) < 4.78 is 245. The Hall–Kier alpha value is -6.85. The van der Waals surface area contributed by atoms with Gasteiger partial charge < -0.3 is 8.98 Å². The summed E-state index contributed by atoms with van der Waals surface area (Å²) in [7, 11) is 0. The zero-order valence-electron chi connectivity index (χ0n) is 52.7. The van der Waals surface area contributed by atoms with Gasteiger partial charge in [0.25, 0.3) is 0 Å². The minimum absolute atomic E-state index is 0.181. The van der Waals surface area contributed by atoms with Crippen molar-refractivity contribution < 1.29 is 41.4 Å². The van der Waals surface area contributed by atoms with Crippen LogP contribution in [0.1, 0.15) is 42.6 Å². The molecule has 51 heavy (non-hydrogen) atoms. The van der Waals surface area contributed by atoms with E-state index in [1.165, 1.54) is 6.92 Å². The van der Waals surface area contributed by atoms with Crippen LogP contribution in [0.2, 0.25) is 0 Å². The first-order valence-electron chi connectivity index (χ1n) is 28.4. The standard InChI is InChI=1S/C46H30N4O/c1-29-26-33(32-24-25-40-37(27-32)35-20-11-12-22-39(35)50(40)34-18-9-4-10-19-34)28-38-42-36(21-13-23-41(42)51-43(29)38)46-48-44(30-14-5-2-6-15-30)47-45(49-46)31-16-7-3-8-17-31/h2-28H,1H3/i2D,3D,4D,5D,6D,7D,8D,9D,10D,11D,12D,13D,14D,15D,16D,17D,18D,19D,20D,21D,22D,23D,24D,25D,26D,27D,28D. The van der Waals surface area contributed by atoms with Crippen LogP contribution in [0.25, 0.3) is 94.7 Å². The second-order valence-electron chi connectivity index (χ2n) is 10.8. The molecule has 10 aromatic rings. The summed E-state index contributed by atoms with van der Waals surface area (Å²) in [4.78, 5) is 13.1. The second-order valence-corrected chi connectivity index (χ2v) is 10.8. The zero-order chi connectivity index (χ0) is 57.4. The van der Waals surface area contributed by atoms with E-state index < -0.39 is 252 Å². The first-order valence-corrected chi connectivity index (χ1v) is 14.9. The van der Waals surface area contributed by atoms with Crippen LogP contribution in [0.5, 0.6) is 0 Å². The lowest BCUT2D eigenvalue weighted by atomic mass is 9.97. The van der Waals surface area contributed by atoms with Crippen LogP contribution in [0, 0.1) is 6.92 Å². The van der Waals surface area contributed by atoms with Crippen LogP contribution < -0.4 is 0 Å². The van der Waals surface area contributed by atoms with Gasteiger partial charge in [-0.3, -0.25) is 0 Å². The van der Waals surface area contributed by atoms with Crippen molar-refractivity contribution >= 4 is 43.7 Å². The smallest absolute Gasteiger partial charge is 0.164 e. The minimum Gasteiger partial charge on any atom is -0.456 e. The van der Waals surface area contributed by atoms with Crippen LogP contribution in [0.3, 0.4) is 0 Å². The predicted molar refractivity (Wildman–Crippen MR) is 208 cm³/mol. The fourth-order valence-corrected chi connectivity index (χ4v) is 5.70. The van der Waals surface area contributed by atoms with E-state index in [0.29, 0.717) is 0 Å². The van der Waals surface area contributed by atoms with E-state index >= 15 is 0 Å². The lowest BCUT2D eigenvalue weighted by Crippen LogP contribution is -2.00. The fraction of sp³-hybridized carbons (Fsp3) is 0.0217. The van der Waals surface area contributed by atoms with Crippen LogP contribution in [-0.2, 0) is 0 Å². The van der Waals surface area contributed by atoms with E-state index in [1.54, 1.807) is 0 Å². The molecule has 0 fully saturated rings. The van der Waals surface area contributed by atoms with E-state index in [1.807, 2.05) is 0 Å². The molecule has 0 atom stereocenters. The first kappa shape index (κ1) is 12.8. The van der Waals surface area contributed by atoms with Gasteiger partial charge in [-0.25, -0.2) is 15.0 Å². The van der Waals surface area contributed by atoms with Gasteiger partial charge >= 0.3 is 0 Å². The molecule has 3 heterocycles. The van der Waals surface area contributed by atoms with Gasteiger partial charge in [-0.2, -0.15) is 0 Å². The van der Waals surface area contributed by atoms with Crippen molar-refractivity contribution in [3.8, 4) is 51.0 Å². The molecule has 0 bridgehead atoms. The van der Waals surface area contributed by atoms with Crippen molar-refractivity contribution in [2.24, 2.45) is 0 Å². The Morgan fingerprint density at radius 3 is 1.82 bits per heavy atom. The normalized spacial score (nSPS) is 19.0. The number of aromatic nitrogens is 4. The molecule has 0 radical (unpaired) electrons. The first-order chi connectivity index (χ1) is 36.4. The molecule has 0 spiro atoms. The van der Waals surface area contributed by atoms with E-state index in [4.69, 9.17) is 33.2 Å². The molecule has 10 rings (SSSR count). The molecule has 0 unspecified atom stereocenters. The second kappa shape index (κ2) is 11.6. The molecule has 0 amide bonds. The molecule has 0 aliphatic carbocycles. The number of hydrogen-bond acceptors (Lipinski definition) is 4. The molecule has 7 aromatic carbocycles. The van der Waals surface area contributed by atoms with Crippen LogP contribution in [0.15, 0.2) is 168 Å². The number of benzene rings is 7. The highest BCUT2D eigenvalue weighted by molar-refractivity contribution is 6.14. The largest absolute Gasteiger partial charge is 0.456 e. The number of rotatable bonds is 5. The van der Waals surface area contributed by atoms with Gasteiger partial charge in [0.2, 0.25) is 0 Å². The van der Waals surface area contributed by atoms with Crippen molar-refractivity contribution in [3.63, 3.8) is 0 Å². The van der Waals surface area contributed by atoms with E-state index in [9.17, 15) is 8.22 Å². The van der Waals surface area contributed by atoms with Gasteiger partial charge in [0.15, 0.2) is 17.5 Å². The average molecular weight is 682 g/mol. The fourth-order valence-electron chi connectivity index (χ4n) is 5.70. The zero-order valence-corrected chi connectivity index (χ0v) is 25.7. The third-order valence-corrected chi connectivity index (χ3v) is 7.85. The van der Waals surface area contributed by atoms with Crippen molar-refractivity contribution in [3.05, 3.63) is 169 Å². The van der Waals surface area contributed by atoms with Gasteiger partial charge in [0.05, 0.1) is 48.0 Å². The highest BCUT2D eigenvalue weighted by atomic mass is 16.3. The topological polar surface area (TPSA) is 56.7 Å². The lowest BCUT2D eigenvalue weighted by Gasteiger charge is -2.10. The third kappa shape index (κ3) is 4.82. The third-order valence-electron chi connectivity index (χ3n) is 7.85. The summed E-state index contributed by atoms with van der Waals surface area (Å²) in [5.41, 5.74) is -6.22. The molecule has 0 aliphatic rings. The van der Waals surface area contributed by atoms with Crippen molar-refractivity contribution in [2.45, 2.75) is 6.92 Å². The van der Waals surface area contributed by atoms with E-state index in [2.05, 4.69) is 15.0 Å². The molecule has 0 N–H and O–H groups in total. The van der Waals surface area contributed by atoms with Crippen LogP contribution in [0.4, 0.5) is 0 Å². The summed E-state index contributed by atoms with van der Waals surface area (Å²) in [6.07, 6.45) is 0. The van der Waals surface area contributed by atoms with Crippen molar-refractivity contribution in [2.75, 3.05) is 0 Å². The molecule has 3 aromatic heterocycles. The van der Waals surface area contributed by atoms with Crippen LogP contribution >= 0.6 is 0 Å². The summed E-state index contributed by atoms with van der Waals surface area (Å²) in [6.45, 7) is 1.30. The Kier molecular flexibility index (Phi) is 2.92. The Morgan fingerprint density at radius 1 is 0.490 bits per heavy atom. The summed E-state index contributed by atoms with van der Waals surface area (Å²) in [6, 6.07) is -22.9. The monoisotopic (exact) mass is 681 g/mol. The highest BCUT2D eigenvalue weighted by Crippen LogP contribution is 2.41. The minimum atomic E-state index is -0.937. The van der Waals surface area contributed by atoms with Gasteiger partial charge in [0, 0.05) is 43.9 Å².